The van der Waals surface area contributed by atoms with Gasteiger partial charge in [0.05, 0.1) is 62.5 Å². The monoisotopic (exact) mass is 1680 g/mol. The molecule has 3 aliphatic heterocycles. The minimum Gasteiger partial charge on any atom is -0.462 e. The number of carbonyl (C=O) groups excluding carboxylic acids is 10. The number of aliphatic hydroxyl groups is 1. The van der Waals surface area contributed by atoms with Crippen LogP contribution < -0.4 is 0 Å². The third kappa shape index (κ3) is 20.1. The van der Waals surface area contributed by atoms with Crippen molar-refractivity contribution >= 4 is 59.3 Å². The molecule has 0 amide bonds. The predicted octanol–water partition coefficient (Wildman–Crippen LogP) is 14.6. The Morgan fingerprint density at radius 2 is 0.836 bits per heavy atom. The van der Waals surface area contributed by atoms with Crippen LogP contribution in [0, 0.1) is 57.2 Å². The van der Waals surface area contributed by atoms with Gasteiger partial charge in [-0.1, -0.05) is 149 Å². The first-order chi connectivity index (χ1) is 58.2. The van der Waals surface area contributed by atoms with Gasteiger partial charge in [0.25, 0.3) is 0 Å². The summed E-state index contributed by atoms with van der Waals surface area (Å²) in [6, 6.07) is 47.5. The Hall–Kier alpha value is -10.1. The van der Waals surface area contributed by atoms with E-state index in [1.165, 1.54) is 86.6 Å². The number of fused-ring (bicyclic) bond motifs is 5. The maximum absolute atomic E-state index is 15.6. The molecule has 13 rings (SSSR count). The average Bonchev–Trinajstić information content (AvgIpc) is 1.52. The van der Waals surface area contributed by atoms with Crippen molar-refractivity contribution in [3.05, 3.63) is 227 Å². The molecule has 0 unspecified atom stereocenters. The van der Waals surface area contributed by atoms with Crippen LogP contribution in [0.5, 0.6) is 0 Å². The van der Waals surface area contributed by atoms with Gasteiger partial charge in [0.1, 0.15) is 30.4 Å². The predicted molar refractivity (Wildman–Crippen MR) is 441 cm³/mol. The molecule has 25 nitrogen and oxygen atoms in total. The summed E-state index contributed by atoms with van der Waals surface area (Å²) in [5, 5.41) is 9.80. The van der Waals surface area contributed by atoms with E-state index in [4.69, 9.17) is 66.3 Å². The minimum atomic E-state index is -1.99. The smallest absolute Gasteiger partial charge is 0.338 e. The second-order valence-corrected chi connectivity index (χ2v) is 36.1. The van der Waals surface area contributed by atoms with E-state index in [0.29, 0.717) is 38.5 Å². The van der Waals surface area contributed by atoms with Crippen molar-refractivity contribution in [3.63, 3.8) is 0 Å². The van der Waals surface area contributed by atoms with Gasteiger partial charge in [-0.05, 0) is 208 Å². The van der Waals surface area contributed by atoms with E-state index >= 15 is 14.4 Å². The second kappa shape index (κ2) is 38.3. The highest BCUT2D eigenvalue weighted by Crippen LogP contribution is 2.67. The largest absolute Gasteiger partial charge is 0.462 e. The molecule has 25 heteroatoms. The maximum atomic E-state index is 15.6. The van der Waals surface area contributed by atoms with Crippen molar-refractivity contribution in [1.82, 2.24) is 0 Å². The van der Waals surface area contributed by atoms with Crippen LogP contribution in [0.2, 0.25) is 0 Å². The number of allylic oxidation sites excluding steroid dienone is 1. The van der Waals surface area contributed by atoms with Gasteiger partial charge in [0.15, 0.2) is 67.7 Å². The van der Waals surface area contributed by atoms with Gasteiger partial charge in [-0.15, -0.1) is 0 Å². The summed E-state index contributed by atoms with van der Waals surface area (Å²) in [4.78, 5) is 147. The molecule has 0 spiro atoms. The first-order valence-corrected chi connectivity index (χ1v) is 42.5. The Morgan fingerprint density at radius 3 is 1.25 bits per heavy atom. The summed E-state index contributed by atoms with van der Waals surface area (Å²) < 4.78 is 95.5. The second-order valence-electron chi connectivity index (χ2n) is 36.1. The fourth-order valence-corrected chi connectivity index (χ4v) is 18.7. The van der Waals surface area contributed by atoms with E-state index in [9.17, 15) is 38.7 Å². The van der Waals surface area contributed by atoms with Gasteiger partial charge >= 0.3 is 47.8 Å². The molecule has 7 aliphatic rings. The van der Waals surface area contributed by atoms with Crippen molar-refractivity contribution < 1.29 is 119 Å². The van der Waals surface area contributed by atoms with E-state index in [2.05, 4.69) is 19.9 Å². The quantitative estimate of drug-likeness (QED) is 0.0284. The number of rotatable bonds is 27. The zero-order valence-corrected chi connectivity index (χ0v) is 71.1. The molecule has 3 saturated heterocycles. The standard InChI is InChI=1S/C97H112O25/c1-55(53-98)43-46-70(99)56(2)73-71(100)52-69-67-45-44-65-51-66(47-49-96(65,11)68(67)48-50-97(69,73)12)112-91-82(121-90-81(119-88(106)64-41-29-18-30-42-64)78(117-86(104)62-37-25-16-26-38-62)75(58(4)111-90)115-84(102)60-33-21-14-22-34-60)79(122-93(108)95(8,9)10)76(72(113-91)54-109-92(107)94(5,6)7)120-89-80(118-87(105)63-39-27-17-28-40-63)77(116-85(103)61-35-23-15-24-36-61)74(57(3)110-89)114-83(101)59-31-19-13-20-32-59/h13-42,44,55-58,66-69,72-82,89-91,98H,43,45-54H2,1-12H3/t55-,56-,57+,58+,66+,67-,68+,69+,72-,73+,74+,75+,76-,77-,78-,79+,80-,81-,82-,89+,90+,91-,96+,97+/m1/s1. The zero-order chi connectivity index (χ0) is 87.1. The lowest BCUT2D eigenvalue weighted by atomic mass is 9.47. The van der Waals surface area contributed by atoms with Gasteiger partial charge in [-0.25, -0.2) is 28.8 Å². The van der Waals surface area contributed by atoms with E-state index in [-0.39, 0.29) is 81.6 Å². The molecule has 6 fully saturated rings. The molecule has 3 heterocycles. The van der Waals surface area contributed by atoms with Crippen molar-refractivity contribution in [2.75, 3.05) is 13.2 Å². The highest BCUT2D eigenvalue weighted by atomic mass is 16.8. The van der Waals surface area contributed by atoms with Crippen LogP contribution in [-0.2, 0) is 85.5 Å². The fraction of sp³-hybridized carbons (Fsp3) is 0.505. The Morgan fingerprint density at radius 1 is 0.451 bits per heavy atom. The van der Waals surface area contributed by atoms with Crippen LogP contribution in [0.25, 0.3) is 0 Å². The molecule has 122 heavy (non-hydrogen) atoms. The Bertz CT molecular complexity index is 4700. The van der Waals surface area contributed by atoms with Gasteiger partial charge in [0.2, 0.25) is 0 Å². The number of ether oxygens (including phenoxy) is 14. The van der Waals surface area contributed by atoms with E-state index in [1.54, 1.807) is 151 Å². The molecule has 6 aromatic carbocycles. The number of esters is 8. The zero-order valence-electron chi connectivity index (χ0n) is 71.1. The topological polar surface area (TPSA) is 320 Å². The molecule has 0 bridgehead atoms. The maximum Gasteiger partial charge on any atom is 0.338 e. The number of Topliss-reactive ketones (excluding diaryl/α,β-unsaturated/α-hetero) is 2. The Kier molecular flexibility index (Phi) is 28.2. The van der Waals surface area contributed by atoms with Gasteiger partial charge < -0.3 is 71.4 Å². The summed E-state index contributed by atoms with van der Waals surface area (Å²) in [5.74, 6) is -7.85. The Balaban J connectivity index is 0.946. The van der Waals surface area contributed by atoms with Gasteiger partial charge in [-0.3, -0.25) is 19.2 Å². The van der Waals surface area contributed by atoms with Crippen molar-refractivity contribution in [2.24, 2.45) is 57.2 Å². The Labute approximate surface area is 711 Å². The number of benzene rings is 6. The lowest BCUT2D eigenvalue weighted by Crippen LogP contribution is -2.68. The lowest BCUT2D eigenvalue weighted by molar-refractivity contribution is -0.388. The molecule has 6 aromatic rings. The molecule has 0 radical (unpaired) electrons. The summed E-state index contributed by atoms with van der Waals surface area (Å²) in [5.41, 5.74) is -1.98. The van der Waals surface area contributed by atoms with Crippen molar-refractivity contribution in [2.45, 2.75) is 239 Å². The molecule has 1 N–H and O–H groups in total. The van der Waals surface area contributed by atoms with Gasteiger partial charge in [0, 0.05) is 31.3 Å². The SMILES string of the molecule is C[C@@H](CO)CCC(=O)[C@@H](C)[C@H]1C(=O)C[C@H]2[C@@H]3CC=C4C[C@@H](O[C@@H]5O[C@H](COC(=O)C(C)(C)C)[C@@H](O[C@@H]6O[C@@H](C)[C@H](OC(=O)c7ccccc7)[C@@H](OC(=O)c7ccccc7)[C@H]6OC(=O)c6ccccc6)[C@H](OC(=O)C(C)(C)C)[C@H]5O[C@@H]5O[C@@H](C)[C@H](OC(=O)c6ccccc6)[C@@H](OC(=O)c6ccccc6)[C@H]5OC(=O)c5ccccc5)CC[C@]4(C)[C@H]3CC[C@]12C. The number of hydrogen-bond acceptors (Lipinski definition) is 25. The highest BCUT2D eigenvalue weighted by molar-refractivity contribution is 5.94. The first-order valence-electron chi connectivity index (χ1n) is 42.5. The number of hydrogen-bond donors (Lipinski definition) is 1. The molecule has 24 atom stereocenters. The first kappa shape index (κ1) is 89.6. The molecule has 0 aromatic heterocycles. The summed E-state index contributed by atoms with van der Waals surface area (Å²) in [6.45, 7) is 20.3. The summed E-state index contributed by atoms with van der Waals surface area (Å²) in [7, 11) is 0. The third-order valence-electron chi connectivity index (χ3n) is 25.5. The third-order valence-corrected chi connectivity index (χ3v) is 25.5. The molecular formula is C97H112O25. The van der Waals surface area contributed by atoms with Crippen LogP contribution in [0.15, 0.2) is 194 Å². The van der Waals surface area contributed by atoms with Crippen LogP contribution in [-0.4, -0.2) is 176 Å². The normalized spacial score (nSPS) is 31.1. The van der Waals surface area contributed by atoms with E-state index < -0.39 is 186 Å². The number of carbonyl (C=O) groups is 10. The summed E-state index contributed by atoms with van der Waals surface area (Å²) >= 11 is 0. The van der Waals surface area contributed by atoms with E-state index in [0.717, 1.165) is 18.4 Å². The van der Waals surface area contributed by atoms with E-state index in [1.807, 2.05) is 13.8 Å². The number of ketones is 2. The minimum absolute atomic E-state index is 0.00473. The fourth-order valence-electron chi connectivity index (χ4n) is 18.7. The molecule has 3 saturated carbocycles. The molecule has 650 valence electrons. The highest BCUT2D eigenvalue weighted by Gasteiger charge is 2.65. The van der Waals surface area contributed by atoms with Crippen LogP contribution in [0.1, 0.15) is 203 Å². The van der Waals surface area contributed by atoms with Gasteiger partial charge in [-0.2, -0.15) is 0 Å². The summed E-state index contributed by atoms with van der Waals surface area (Å²) in [6.07, 6.45) is -20.5. The van der Waals surface area contributed by atoms with Crippen molar-refractivity contribution in [1.29, 1.82) is 0 Å². The van der Waals surface area contributed by atoms with Crippen LogP contribution >= 0.6 is 0 Å². The molecule has 4 aliphatic carbocycles. The van der Waals surface area contributed by atoms with Crippen LogP contribution in [0.3, 0.4) is 0 Å². The molecular weight excluding hydrogens is 1570 g/mol. The number of aliphatic hydroxyl groups excluding tert-OH is 1. The lowest BCUT2D eigenvalue weighted by Gasteiger charge is -2.58. The van der Waals surface area contributed by atoms with Crippen molar-refractivity contribution in [3.8, 4) is 0 Å². The van der Waals surface area contributed by atoms with Crippen LogP contribution in [0.4, 0.5) is 0 Å². The average molecular weight is 1680 g/mol.